The lowest BCUT2D eigenvalue weighted by molar-refractivity contribution is -0.0334. The summed E-state index contributed by atoms with van der Waals surface area (Å²) >= 11 is 7.61. The van der Waals surface area contributed by atoms with E-state index < -0.39 is 11.2 Å². The van der Waals surface area contributed by atoms with Gasteiger partial charge in [0, 0.05) is 27.7 Å². The fraction of sp³-hybridized carbons (Fsp3) is 0.500. The van der Waals surface area contributed by atoms with E-state index in [9.17, 15) is 9.90 Å². The van der Waals surface area contributed by atoms with Gasteiger partial charge in [0.05, 0.1) is 0 Å². The van der Waals surface area contributed by atoms with Crippen LogP contribution in [0.15, 0.2) is 24.3 Å². The van der Waals surface area contributed by atoms with Gasteiger partial charge in [-0.3, -0.25) is 0 Å². The number of carbonyl (C=O) groups is 1. The third-order valence-electron chi connectivity index (χ3n) is 4.18. The molecule has 1 N–H and O–H groups in total. The molecule has 1 saturated heterocycles. The maximum Gasteiger partial charge on any atom is 0.410 e. The Bertz CT molecular complexity index is 757. The topological polar surface area (TPSA) is 49.8 Å². The van der Waals surface area contributed by atoms with E-state index >= 15 is 0 Å². The Morgan fingerprint density at radius 2 is 1.96 bits per heavy atom. The lowest BCUT2D eigenvalue weighted by Gasteiger charge is -2.38. The van der Waals surface area contributed by atoms with Crippen molar-refractivity contribution in [3.05, 3.63) is 34.2 Å². The maximum absolute atomic E-state index is 12.1. The minimum absolute atomic E-state index is 0.312. The molecule has 0 unspecified atom stereocenters. The Morgan fingerprint density at radius 1 is 1.29 bits per heavy atom. The Kier molecular flexibility index (Phi) is 4.53. The average Bonchev–Trinajstić information content (AvgIpc) is 2.90. The van der Waals surface area contributed by atoms with Gasteiger partial charge in [-0.1, -0.05) is 17.7 Å². The number of nitrogens with zero attached hydrogens (tertiary/aromatic N) is 1. The number of halogens is 1. The van der Waals surface area contributed by atoms with Crippen molar-refractivity contribution >= 4 is 39.1 Å². The van der Waals surface area contributed by atoms with Gasteiger partial charge >= 0.3 is 6.09 Å². The molecule has 2 heterocycles. The molecule has 1 fully saturated rings. The Balaban J connectivity index is 1.72. The van der Waals surface area contributed by atoms with Crippen molar-refractivity contribution in [3.63, 3.8) is 0 Å². The molecule has 6 heteroatoms. The molecule has 1 aromatic carbocycles. The molecule has 4 nitrogen and oxygen atoms in total. The number of amides is 1. The van der Waals surface area contributed by atoms with E-state index in [1.54, 1.807) is 16.2 Å². The van der Waals surface area contributed by atoms with E-state index in [0.29, 0.717) is 31.0 Å². The molecule has 130 valence electrons. The predicted molar refractivity (Wildman–Crippen MR) is 97.8 cm³/mol. The molecule has 1 aliphatic rings. The second-order valence-corrected chi connectivity index (χ2v) is 8.81. The van der Waals surface area contributed by atoms with Crippen LogP contribution in [0.4, 0.5) is 4.79 Å². The largest absolute Gasteiger partial charge is 0.444 e. The fourth-order valence-electron chi connectivity index (χ4n) is 2.87. The zero-order valence-corrected chi connectivity index (χ0v) is 15.7. The lowest BCUT2D eigenvalue weighted by atomic mass is 9.90. The van der Waals surface area contributed by atoms with Gasteiger partial charge < -0.3 is 14.7 Å². The fourth-order valence-corrected chi connectivity index (χ4v) is 4.35. The van der Waals surface area contributed by atoms with Crippen LogP contribution in [0.3, 0.4) is 0 Å². The molecule has 0 atom stereocenters. The van der Waals surface area contributed by atoms with Crippen molar-refractivity contribution in [2.24, 2.45) is 0 Å². The van der Waals surface area contributed by atoms with Crippen LogP contribution in [0.5, 0.6) is 0 Å². The highest BCUT2D eigenvalue weighted by Gasteiger charge is 2.37. The van der Waals surface area contributed by atoms with Crippen molar-refractivity contribution < 1.29 is 14.6 Å². The van der Waals surface area contributed by atoms with Gasteiger partial charge in [0.25, 0.3) is 0 Å². The highest BCUT2D eigenvalue weighted by Crippen LogP contribution is 2.40. The molecule has 1 amide bonds. The molecule has 24 heavy (non-hydrogen) atoms. The minimum atomic E-state index is -0.894. The normalized spacial score (nSPS) is 18.0. The third-order valence-corrected chi connectivity index (χ3v) is 5.71. The van der Waals surface area contributed by atoms with Crippen molar-refractivity contribution in [1.82, 2.24) is 4.90 Å². The highest BCUT2D eigenvalue weighted by molar-refractivity contribution is 7.19. The second kappa shape index (κ2) is 6.21. The molecule has 0 spiro atoms. The van der Waals surface area contributed by atoms with Crippen LogP contribution in [-0.2, 0) is 10.3 Å². The third kappa shape index (κ3) is 3.68. The minimum Gasteiger partial charge on any atom is -0.444 e. The van der Waals surface area contributed by atoms with Gasteiger partial charge in [-0.05, 0) is 57.2 Å². The van der Waals surface area contributed by atoms with Crippen molar-refractivity contribution in [2.45, 2.75) is 44.8 Å². The van der Waals surface area contributed by atoms with E-state index in [-0.39, 0.29) is 6.09 Å². The lowest BCUT2D eigenvalue weighted by Crippen LogP contribution is -2.46. The second-order valence-electron chi connectivity index (χ2n) is 7.29. The number of fused-ring (bicyclic) bond motifs is 1. The van der Waals surface area contributed by atoms with Gasteiger partial charge in [-0.2, -0.15) is 0 Å². The molecule has 1 aliphatic heterocycles. The standard InChI is InChI=1S/C18H22ClNO3S/c1-17(2,3)23-16(21)20-8-6-18(22,7-9-20)15-10-12-4-5-13(19)11-14(12)24-15/h4-5,10-11,22H,6-9H2,1-3H3. The summed E-state index contributed by atoms with van der Waals surface area (Å²) in [5.74, 6) is 0. The first-order valence-electron chi connectivity index (χ1n) is 8.06. The number of likely N-dealkylation sites (tertiary alicyclic amines) is 1. The first-order chi connectivity index (χ1) is 11.2. The van der Waals surface area contributed by atoms with Crippen LogP contribution in [-0.4, -0.2) is 34.8 Å². The summed E-state index contributed by atoms with van der Waals surface area (Å²) in [6.45, 7) is 6.54. The number of piperidine rings is 1. The summed E-state index contributed by atoms with van der Waals surface area (Å²) in [6.07, 6.45) is 0.701. The molecular weight excluding hydrogens is 346 g/mol. The maximum atomic E-state index is 12.1. The zero-order valence-electron chi connectivity index (χ0n) is 14.1. The highest BCUT2D eigenvalue weighted by atomic mass is 35.5. The molecule has 1 aromatic heterocycles. The van der Waals surface area contributed by atoms with E-state index in [4.69, 9.17) is 16.3 Å². The molecule has 0 aliphatic carbocycles. The average molecular weight is 368 g/mol. The molecule has 2 aromatic rings. The molecular formula is C18H22ClNO3S. The van der Waals surface area contributed by atoms with E-state index in [2.05, 4.69) is 0 Å². The van der Waals surface area contributed by atoms with Crippen molar-refractivity contribution in [3.8, 4) is 0 Å². The van der Waals surface area contributed by atoms with Crippen LogP contribution in [0.1, 0.15) is 38.5 Å². The number of hydrogen-bond acceptors (Lipinski definition) is 4. The molecule has 0 saturated carbocycles. The van der Waals surface area contributed by atoms with Crippen LogP contribution < -0.4 is 0 Å². The number of hydrogen-bond donors (Lipinski definition) is 1. The summed E-state index contributed by atoms with van der Waals surface area (Å²) in [6, 6.07) is 7.77. The number of benzene rings is 1. The zero-order chi connectivity index (χ0) is 17.5. The van der Waals surface area contributed by atoms with Crippen LogP contribution in [0.2, 0.25) is 5.02 Å². The van der Waals surface area contributed by atoms with Crippen LogP contribution in [0.25, 0.3) is 10.1 Å². The smallest absolute Gasteiger partial charge is 0.410 e. The van der Waals surface area contributed by atoms with Gasteiger partial charge in [0.2, 0.25) is 0 Å². The molecule has 3 rings (SSSR count). The van der Waals surface area contributed by atoms with Crippen molar-refractivity contribution in [1.29, 1.82) is 0 Å². The summed E-state index contributed by atoms with van der Waals surface area (Å²) in [7, 11) is 0. The Hall–Kier alpha value is -1.30. The van der Waals surface area contributed by atoms with Gasteiger partial charge in [-0.25, -0.2) is 4.79 Å². The van der Waals surface area contributed by atoms with Crippen LogP contribution >= 0.6 is 22.9 Å². The van der Waals surface area contributed by atoms with Crippen LogP contribution in [0, 0.1) is 0 Å². The quantitative estimate of drug-likeness (QED) is 0.789. The SMILES string of the molecule is CC(C)(C)OC(=O)N1CCC(O)(c2cc3ccc(Cl)cc3s2)CC1. The Morgan fingerprint density at radius 3 is 2.58 bits per heavy atom. The summed E-state index contributed by atoms with van der Waals surface area (Å²) in [5, 5.41) is 12.8. The van der Waals surface area contributed by atoms with Gasteiger partial charge in [0.15, 0.2) is 0 Å². The first kappa shape index (κ1) is 17.5. The first-order valence-corrected chi connectivity index (χ1v) is 9.26. The van der Waals surface area contributed by atoms with E-state index in [0.717, 1.165) is 15.0 Å². The summed E-state index contributed by atoms with van der Waals surface area (Å²) in [5.41, 5.74) is -1.40. The number of rotatable bonds is 1. The van der Waals surface area contributed by atoms with Gasteiger partial charge in [0.1, 0.15) is 11.2 Å². The summed E-state index contributed by atoms with van der Waals surface area (Å²) < 4.78 is 6.48. The molecule has 0 radical (unpaired) electrons. The predicted octanol–water partition coefficient (Wildman–Crippen LogP) is 4.77. The number of carbonyl (C=O) groups excluding carboxylic acids is 1. The molecule has 0 bridgehead atoms. The number of aliphatic hydroxyl groups is 1. The Labute approximate surface area is 151 Å². The van der Waals surface area contributed by atoms with Crippen molar-refractivity contribution in [2.75, 3.05) is 13.1 Å². The van der Waals surface area contributed by atoms with E-state index in [1.165, 1.54) is 0 Å². The number of ether oxygens (including phenoxy) is 1. The summed E-state index contributed by atoms with van der Waals surface area (Å²) in [4.78, 5) is 14.8. The number of thiophene rings is 1. The monoisotopic (exact) mass is 367 g/mol. The van der Waals surface area contributed by atoms with E-state index in [1.807, 2.05) is 45.0 Å². The van der Waals surface area contributed by atoms with Gasteiger partial charge in [-0.15, -0.1) is 11.3 Å².